The van der Waals surface area contributed by atoms with E-state index in [-0.39, 0.29) is 52.7 Å². The summed E-state index contributed by atoms with van der Waals surface area (Å²) in [5, 5.41) is 26.5. The Bertz CT molecular complexity index is 1010. The minimum Gasteiger partial charge on any atom is -0.547 e. The van der Waals surface area contributed by atoms with Gasteiger partial charge >= 0.3 is 35.7 Å². The maximum absolute atomic E-state index is 12.7. The molecule has 2 atom stereocenters. The number of nitrogens with zero attached hydrogens (tertiary/aromatic N) is 4. The van der Waals surface area contributed by atoms with Crippen molar-refractivity contribution in [1.82, 2.24) is 20.1 Å². The van der Waals surface area contributed by atoms with Crippen LogP contribution in [0.15, 0.2) is 22.3 Å². The topological polar surface area (TPSA) is 191 Å². The average molecular weight is 492 g/mol. The van der Waals surface area contributed by atoms with Crippen LogP contribution in [0, 0.1) is 0 Å². The van der Waals surface area contributed by atoms with E-state index in [1.54, 1.807) is 0 Å². The fourth-order valence-corrected chi connectivity index (χ4v) is 4.78. The van der Waals surface area contributed by atoms with Crippen molar-refractivity contribution in [2.45, 2.75) is 10.9 Å². The minimum atomic E-state index is -2.37. The third-order valence-electron chi connectivity index (χ3n) is 4.40. The van der Waals surface area contributed by atoms with E-state index >= 15 is 0 Å². The van der Waals surface area contributed by atoms with Crippen LogP contribution in [0.25, 0.3) is 0 Å². The number of amides is 3. The fourth-order valence-electron chi connectivity index (χ4n) is 2.87. The Kier molecular flexibility index (Phi) is 8.17. The van der Waals surface area contributed by atoms with Gasteiger partial charge in [-0.25, -0.2) is 9.78 Å². The normalized spacial score (nSPS) is 22.0. The second-order valence-corrected chi connectivity index (χ2v) is 8.64. The molecule has 3 rings (SSSR count). The maximum atomic E-state index is 12.7. The summed E-state index contributed by atoms with van der Waals surface area (Å²) < 4.78 is 5.06. The van der Waals surface area contributed by atoms with Gasteiger partial charge in [-0.1, -0.05) is 5.16 Å². The molecule has 1 fully saturated rings. The number of thioether (sulfide) groups is 1. The summed E-state index contributed by atoms with van der Waals surface area (Å²) in [5.41, 5.74) is 3.00. The van der Waals surface area contributed by atoms with Crippen molar-refractivity contribution in [3.63, 3.8) is 0 Å². The average Bonchev–Trinajstić information content (AvgIpc) is 3.15. The summed E-state index contributed by atoms with van der Waals surface area (Å²) in [4.78, 5) is 54.9. The first-order valence-electron chi connectivity index (χ1n) is 8.57. The van der Waals surface area contributed by atoms with Crippen LogP contribution in [-0.4, -0.2) is 86.9 Å². The van der Waals surface area contributed by atoms with E-state index in [4.69, 9.17) is 10.5 Å². The van der Waals surface area contributed by atoms with E-state index in [9.17, 15) is 29.5 Å². The number of anilines is 1. The van der Waals surface area contributed by atoms with Crippen molar-refractivity contribution in [2.24, 2.45) is 5.16 Å². The Morgan fingerprint density at radius 1 is 1.50 bits per heavy atom. The van der Waals surface area contributed by atoms with Crippen LogP contribution in [0.3, 0.4) is 0 Å². The van der Waals surface area contributed by atoms with Gasteiger partial charge in [-0.05, 0) is 5.57 Å². The summed E-state index contributed by atoms with van der Waals surface area (Å²) >= 11 is 2.02. The number of nitrogen functional groups attached to an aromatic ring is 1. The van der Waals surface area contributed by atoms with E-state index in [1.807, 2.05) is 0 Å². The predicted molar refractivity (Wildman–Crippen MR) is 107 cm³/mol. The molecule has 166 valence electrons. The molecule has 1 aromatic heterocycles. The van der Waals surface area contributed by atoms with Gasteiger partial charge in [0.2, 0.25) is 0 Å². The number of nitrogens with two attached hydrogens (primary N) is 1. The number of carbonyl (C=O) groups is 4. The zero-order chi connectivity index (χ0) is 22.9. The maximum Gasteiger partial charge on any atom is 1.00 e. The number of rotatable bonds is 6. The quantitative estimate of drug-likeness (QED) is 0.0865. The molecule has 0 aliphatic carbocycles. The summed E-state index contributed by atoms with van der Waals surface area (Å²) in [6, 6.07) is 0. The Hall–Kier alpha value is -2.33. The Balaban J connectivity index is 0.00000363. The van der Waals surface area contributed by atoms with Crippen molar-refractivity contribution in [2.75, 3.05) is 32.2 Å². The molecule has 2 aliphatic heterocycles. The molecular weight excluding hydrogens is 475 g/mol. The van der Waals surface area contributed by atoms with Gasteiger partial charge in [-0.15, -0.1) is 23.1 Å². The van der Waals surface area contributed by atoms with Crippen molar-refractivity contribution < 1.29 is 63.8 Å². The van der Waals surface area contributed by atoms with E-state index in [1.165, 1.54) is 30.6 Å². The summed E-state index contributed by atoms with van der Waals surface area (Å²) in [6.45, 7) is -0.0856. The standard InChI is InChI=1S/C16H18N6O7S2.Na/c1-21(2)15(27)29-4-7-3-22-11(24)16(13(25)26,12(22)30-5-7)19-10(23)9(20-28)8-6-31-14(17)18-8;/h3,6,12,28H,4-5H2,1-2H3,(H2,17,18)(H,19,23)(H,25,26);/q;+1/p-1/b20-9-;/t12-,16+;/m0./s1. The van der Waals surface area contributed by atoms with Crippen LogP contribution in [0.1, 0.15) is 5.69 Å². The van der Waals surface area contributed by atoms with Gasteiger partial charge < -0.3 is 40.7 Å². The van der Waals surface area contributed by atoms with E-state index in [0.29, 0.717) is 5.57 Å². The van der Waals surface area contributed by atoms with Gasteiger partial charge in [0.25, 0.3) is 11.8 Å². The van der Waals surface area contributed by atoms with Gasteiger partial charge in [0.05, 0.1) is 5.97 Å². The predicted octanol–water partition coefficient (Wildman–Crippen LogP) is -4.99. The third kappa shape index (κ3) is 4.56. The number of carbonyl (C=O) groups excluding carboxylic acids is 4. The number of oxime groups is 1. The van der Waals surface area contributed by atoms with E-state index < -0.39 is 40.5 Å². The number of ether oxygens (including phenoxy) is 1. The van der Waals surface area contributed by atoms with Gasteiger partial charge in [0.1, 0.15) is 17.7 Å². The molecular formula is C16H17N6NaO7S2. The molecule has 0 radical (unpaired) electrons. The van der Waals surface area contributed by atoms with Gasteiger partial charge in [0.15, 0.2) is 16.4 Å². The number of aliphatic carboxylic acids is 1. The zero-order valence-corrected chi connectivity index (χ0v) is 20.9. The van der Waals surface area contributed by atoms with Crippen LogP contribution in [0.2, 0.25) is 0 Å². The molecule has 0 spiro atoms. The van der Waals surface area contributed by atoms with Crippen LogP contribution in [0.4, 0.5) is 9.93 Å². The number of hydrogen-bond donors (Lipinski definition) is 3. The molecule has 16 heteroatoms. The molecule has 32 heavy (non-hydrogen) atoms. The number of carboxylic acid groups (broad SMARTS) is 1. The van der Waals surface area contributed by atoms with Crippen LogP contribution in [-0.2, 0) is 19.1 Å². The van der Waals surface area contributed by atoms with E-state index in [2.05, 4.69) is 15.5 Å². The summed E-state index contributed by atoms with van der Waals surface area (Å²) in [5.74, 6) is -3.67. The first kappa shape index (κ1) is 25.9. The Morgan fingerprint density at radius 2 is 2.19 bits per heavy atom. The fraction of sp³-hybridized carbons (Fsp3) is 0.375. The number of carboxylic acids is 1. The molecule has 3 heterocycles. The molecule has 13 nitrogen and oxygen atoms in total. The SMILES string of the molecule is CN(C)C(=O)OCC1=CN2C(=O)[C@](NC(=O)/C(=N\O)c3csc(N)n3)(C(=O)[O-])[C@@H]2SC1.[Na+]. The number of β-lactam (4-membered cyclic amide) rings is 1. The minimum absolute atomic E-state index is 0. The monoisotopic (exact) mass is 492 g/mol. The summed E-state index contributed by atoms with van der Waals surface area (Å²) in [7, 11) is 3.03. The van der Waals surface area contributed by atoms with Crippen LogP contribution < -0.4 is 45.7 Å². The molecule has 0 saturated carbocycles. The van der Waals surface area contributed by atoms with Gasteiger partial charge in [0, 0.05) is 31.4 Å². The number of aromatic nitrogens is 1. The molecule has 2 aliphatic rings. The third-order valence-corrected chi connectivity index (χ3v) is 6.51. The van der Waals surface area contributed by atoms with Crippen LogP contribution >= 0.6 is 23.1 Å². The van der Waals surface area contributed by atoms with Crippen molar-refractivity contribution in [3.8, 4) is 0 Å². The first-order chi connectivity index (χ1) is 14.6. The Morgan fingerprint density at radius 3 is 2.72 bits per heavy atom. The van der Waals surface area contributed by atoms with Gasteiger partial charge in [-0.3, -0.25) is 9.59 Å². The molecule has 1 saturated heterocycles. The van der Waals surface area contributed by atoms with Crippen molar-refractivity contribution in [1.29, 1.82) is 0 Å². The molecule has 1 aromatic rings. The number of hydrogen-bond acceptors (Lipinski definition) is 12. The molecule has 0 unspecified atom stereocenters. The zero-order valence-electron chi connectivity index (χ0n) is 17.2. The van der Waals surface area contributed by atoms with E-state index in [0.717, 1.165) is 28.0 Å². The molecule has 3 amide bonds. The summed E-state index contributed by atoms with van der Waals surface area (Å²) in [6.07, 6.45) is 0.805. The molecule has 0 aromatic carbocycles. The molecule has 0 bridgehead atoms. The van der Waals surface area contributed by atoms with Gasteiger partial charge in [-0.2, -0.15) is 0 Å². The first-order valence-corrected chi connectivity index (χ1v) is 10.5. The van der Waals surface area contributed by atoms with Crippen LogP contribution in [0.5, 0.6) is 0 Å². The molecule has 4 N–H and O–H groups in total. The van der Waals surface area contributed by atoms with Crippen molar-refractivity contribution >= 4 is 57.8 Å². The number of nitrogens with one attached hydrogen (secondary N) is 1. The number of fused-ring (bicyclic) bond motifs is 1. The Labute approximate surface area is 211 Å². The second kappa shape index (κ2) is 10.1. The largest absolute Gasteiger partial charge is 1.00 e. The van der Waals surface area contributed by atoms with Crippen molar-refractivity contribution in [3.05, 3.63) is 22.8 Å². The second-order valence-electron chi connectivity index (χ2n) is 6.68. The smallest absolute Gasteiger partial charge is 0.547 e. The number of thiazole rings is 1.